The molecule has 1 amide bonds. The highest BCUT2D eigenvalue weighted by molar-refractivity contribution is 7.90. The summed E-state index contributed by atoms with van der Waals surface area (Å²) in [5.41, 5.74) is 2.59. The molecule has 3 aromatic rings. The van der Waals surface area contributed by atoms with E-state index < -0.39 is 9.84 Å². The van der Waals surface area contributed by atoms with Crippen LogP contribution in [0.2, 0.25) is 0 Å². The third-order valence-electron chi connectivity index (χ3n) is 3.81. The number of sulfone groups is 1. The fourth-order valence-corrected chi connectivity index (χ4v) is 3.05. The summed E-state index contributed by atoms with van der Waals surface area (Å²) in [4.78, 5) is 16.6. The molecule has 0 radical (unpaired) electrons. The van der Waals surface area contributed by atoms with E-state index in [0.717, 1.165) is 11.9 Å². The molecular weight excluding hydrogens is 338 g/mol. The van der Waals surface area contributed by atoms with Crippen molar-refractivity contribution in [3.05, 3.63) is 72.3 Å². The van der Waals surface area contributed by atoms with Crippen molar-refractivity contribution in [2.75, 3.05) is 11.6 Å². The number of hydrogen-bond donors (Lipinski definition) is 1. The number of hydrogen-bond acceptors (Lipinski definition) is 4. The number of aromatic nitrogens is 2. The Morgan fingerprint density at radius 3 is 2.44 bits per heavy atom. The molecule has 0 atom stereocenters. The summed E-state index contributed by atoms with van der Waals surface area (Å²) in [6, 6.07) is 11.8. The molecule has 0 fully saturated rings. The quantitative estimate of drug-likeness (QED) is 0.780. The van der Waals surface area contributed by atoms with Gasteiger partial charge in [0.15, 0.2) is 9.84 Å². The third kappa shape index (κ3) is 3.77. The summed E-state index contributed by atoms with van der Waals surface area (Å²) in [5.74, 6) is -0.349. The Hall–Kier alpha value is -2.93. The molecule has 0 aliphatic rings. The minimum Gasteiger partial charge on any atom is -0.322 e. The first-order chi connectivity index (χ1) is 11.8. The average Bonchev–Trinajstić information content (AvgIpc) is 3.09. The van der Waals surface area contributed by atoms with Crippen molar-refractivity contribution in [2.24, 2.45) is 0 Å². The van der Waals surface area contributed by atoms with Gasteiger partial charge in [-0.3, -0.25) is 4.79 Å². The Morgan fingerprint density at radius 2 is 1.84 bits per heavy atom. The van der Waals surface area contributed by atoms with Crippen molar-refractivity contribution in [3.8, 4) is 5.69 Å². The molecule has 0 bridgehead atoms. The van der Waals surface area contributed by atoms with Gasteiger partial charge in [-0.05, 0) is 48.9 Å². The van der Waals surface area contributed by atoms with E-state index in [9.17, 15) is 13.2 Å². The Morgan fingerprint density at radius 1 is 1.12 bits per heavy atom. The third-order valence-corrected chi connectivity index (χ3v) is 4.92. The number of aryl methyl sites for hydroxylation is 1. The molecule has 1 heterocycles. The van der Waals surface area contributed by atoms with Gasteiger partial charge in [-0.25, -0.2) is 13.4 Å². The zero-order valence-corrected chi connectivity index (χ0v) is 14.6. The van der Waals surface area contributed by atoms with Crippen LogP contribution in [0.4, 0.5) is 5.69 Å². The van der Waals surface area contributed by atoms with Crippen LogP contribution >= 0.6 is 0 Å². The Kier molecular flexibility index (Phi) is 4.41. The van der Waals surface area contributed by atoms with Gasteiger partial charge in [0.2, 0.25) is 0 Å². The van der Waals surface area contributed by atoms with Gasteiger partial charge in [-0.1, -0.05) is 6.07 Å². The molecule has 0 aliphatic heterocycles. The standard InChI is InChI=1S/C18H17N3O3S/c1-13-3-8-16(25(2,23)24)11-17(13)18(22)20-14-4-6-15(7-5-14)21-10-9-19-12-21/h3-12H,1-2H3,(H,20,22). The van der Waals surface area contributed by atoms with E-state index in [1.165, 1.54) is 12.1 Å². The molecule has 25 heavy (non-hydrogen) atoms. The lowest BCUT2D eigenvalue weighted by Crippen LogP contribution is -2.14. The molecule has 0 unspecified atom stereocenters. The van der Waals surface area contributed by atoms with E-state index >= 15 is 0 Å². The van der Waals surface area contributed by atoms with Gasteiger partial charge in [0, 0.05) is 35.6 Å². The maximum atomic E-state index is 12.5. The second-order valence-corrected chi connectivity index (χ2v) is 7.74. The van der Waals surface area contributed by atoms with Gasteiger partial charge in [-0.2, -0.15) is 0 Å². The fourth-order valence-electron chi connectivity index (χ4n) is 2.40. The summed E-state index contributed by atoms with van der Waals surface area (Å²) in [6.45, 7) is 1.77. The highest BCUT2D eigenvalue weighted by Gasteiger charge is 2.14. The van der Waals surface area contributed by atoms with Gasteiger partial charge < -0.3 is 9.88 Å². The maximum absolute atomic E-state index is 12.5. The molecule has 3 rings (SSSR count). The first-order valence-electron chi connectivity index (χ1n) is 7.55. The second-order valence-electron chi connectivity index (χ2n) is 5.72. The number of carbonyl (C=O) groups is 1. The second kappa shape index (κ2) is 6.52. The molecule has 1 aromatic heterocycles. The van der Waals surface area contributed by atoms with E-state index in [4.69, 9.17) is 0 Å². The molecule has 1 N–H and O–H groups in total. The van der Waals surface area contributed by atoms with Crippen LogP contribution in [0, 0.1) is 6.92 Å². The fraction of sp³-hybridized carbons (Fsp3) is 0.111. The van der Waals surface area contributed by atoms with Crippen molar-refractivity contribution in [1.82, 2.24) is 9.55 Å². The van der Waals surface area contributed by atoms with E-state index in [0.29, 0.717) is 16.8 Å². The average molecular weight is 355 g/mol. The van der Waals surface area contributed by atoms with Crippen molar-refractivity contribution in [1.29, 1.82) is 0 Å². The van der Waals surface area contributed by atoms with Crippen LogP contribution in [-0.4, -0.2) is 30.1 Å². The predicted octanol–water partition coefficient (Wildman–Crippen LogP) is 2.84. The zero-order chi connectivity index (χ0) is 18.0. The normalized spacial score (nSPS) is 11.3. The lowest BCUT2D eigenvalue weighted by Gasteiger charge is -2.10. The molecule has 0 saturated heterocycles. The summed E-state index contributed by atoms with van der Waals surface area (Å²) in [6.07, 6.45) is 6.32. The largest absolute Gasteiger partial charge is 0.322 e. The smallest absolute Gasteiger partial charge is 0.255 e. The molecule has 2 aromatic carbocycles. The van der Waals surface area contributed by atoms with Gasteiger partial charge in [0.1, 0.15) is 0 Å². The molecule has 128 valence electrons. The predicted molar refractivity (Wildman–Crippen MR) is 95.8 cm³/mol. The minimum atomic E-state index is -3.37. The summed E-state index contributed by atoms with van der Waals surface area (Å²) in [7, 11) is -3.37. The van der Waals surface area contributed by atoms with Crippen LogP contribution in [0.25, 0.3) is 5.69 Å². The Balaban J connectivity index is 1.83. The number of nitrogens with one attached hydrogen (secondary N) is 1. The van der Waals surface area contributed by atoms with Gasteiger partial charge >= 0.3 is 0 Å². The molecule has 0 saturated carbocycles. The minimum absolute atomic E-state index is 0.124. The molecule has 0 spiro atoms. The van der Waals surface area contributed by atoms with Crippen LogP contribution in [0.3, 0.4) is 0 Å². The van der Waals surface area contributed by atoms with Crippen molar-refractivity contribution < 1.29 is 13.2 Å². The molecular formula is C18H17N3O3S. The maximum Gasteiger partial charge on any atom is 0.255 e. The highest BCUT2D eigenvalue weighted by atomic mass is 32.2. The van der Waals surface area contributed by atoms with Gasteiger partial charge in [0.05, 0.1) is 11.2 Å². The number of nitrogens with zero attached hydrogens (tertiary/aromatic N) is 2. The Bertz CT molecular complexity index is 1010. The van der Waals surface area contributed by atoms with Gasteiger partial charge in [0.25, 0.3) is 5.91 Å². The van der Waals surface area contributed by atoms with Crippen molar-refractivity contribution >= 4 is 21.4 Å². The Labute approximate surface area is 146 Å². The highest BCUT2D eigenvalue weighted by Crippen LogP contribution is 2.18. The first-order valence-corrected chi connectivity index (χ1v) is 9.44. The summed E-state index contributed by atoms with van der Waals surface area (Å²) in [5, 5.41) is 2.79. The van der Waals surface area contributed by atoms with Gasteiger partial charge in [-0.15, -0.1) is 0 Å². The van der Waals surface area contributed by atoms with Crippen LogP contribution in [-0.2, 0) is 9.84 Å². The lowest BCUT2D eigenvalue weighted by atomic mass is 10.1. The lowest BCUT2D eigenvalue weighted by molar-refractivity contribution is 0.102. The number of amides is 1. The number of benzene rings is 2. The SMILES string of the molecule is Cc1ccc(S(C)(=O)=O)cc1C(=O)Nc1ccc(-n2ccnc2)cc1. The zero-order valence-electron chi connectivity index (χ0n) is 13.8. The topological polar surface area (TPSA) is 81.1 Å². The summed E-state index contributed by atoms with van der Waals surface area (Å²) < 4.78 is 25.2. The number of rotatable bonds is 4. The summed E-state index contributed by atoms with van der Waals surface area (Å²) >= 11 is 0. The van der Waals surface area contributed by atoms with E-state index in [-0.39, 0.29) is 10.8 Å². The van der Waals surface area contributed by atoms with E-state index in [1.54, 1.807) is 37.6 Å². The van der Waals surface area contributed by atoms with Crippen LogP contribution in [0.1, 0.15) is 15.9 Å². The van der Waals surface area contributed by atoms with Crippen molar-refractivity contribution in [2.45, 2.75) is 11.8 Å². The first kappa shape index (κ1) is 16.9. The number of anilines is 1. The van der Waals surface area contributed by atoms with Crippen LogP contribution < -0.4 is 5.32 Å². The monoisotopic (exact) mass is 355 g/mol. The van der Waals surface area contributed by atoms with E-state index in [1.807, 2.05) is 22.9 Å². The molecule has 6 nitrogen and oxygen atoms in total. The van der Waals surface area contributed by atoms with Crippen molar-refractivity contribution in [3.63, 3.8) is 0 Å². The van der Waals surface area contributed by atoms with E-state index in [2.05, 4.69) is 10.3 Å². The number of carbonyl (C=O) groups excluding carboxylic acids is 1. The van der Waals surface area contributed by atoms with Crippen LogP contribution in [0.15, 0.2) is 66.1 Å². The molecule has 0 aliphatic carbocycles. The number of imidazole rings is 1. The molecule has 7 heteroatoms. The van der Waals surface area contributed by atoms with Crippen LogP contribution in [0.5, 0.6) is 0 Å².